The van der Waals surface area contributed by atoms with Gasteiger partial charge in [0.05, 0.1) is 12.2 Å². The topological polar surface area (TPSA) is 43.4 Å². The summed E-state index contributed by atoms with van der Waals surface area (Å²) >= 11 is 0. The van der Waals surface area contributed by atoms with Gasteiger partial charge in [-0.15, -0.1) is 0 Å². The highest BCUT2D eigenvalue weighted by molar-refractivity contribution is 6.30. The summed E-state index contributed by atoms with van der Waals surface area (Å²) in [6.07, 6.45) is 0. The van der Waals surface area contributed by atoms with Crippen LogP contribution in [0.4, 0.5) is 0 Å². The monoisotopic (exact) mass is 278 g/mol. The molecule has 0 aromatic heterocycles. The highest BCUT2D eigenvalue weighted by atomic mass is 16.5. The number of carbonyl (C=O) groups excluding carboxylic acids is 2. The van der Waals surface area contributed by atoms with E-state index >= 15 is 0 Å². The maximum Gasteiger partial charge on any atom is 0.229 e. The minimum absolute atomic E-state index is 0.0159. The molecule has 2 aliphatic rings. The summed E-state index contributed by atoms with van der Waals surface area (Å²) in [5.41, 5.74) is 2.64. The molecule has 3 heteroatoms. The van der Waals surface area contributed by atoms with E-state index in [1.54, 1.807) is 6.07 Å². The molecule has 0 spiro atoms. The van der Waals surface area contributed by atoms with Crippen molar-refractivity contribution in [3.05, 3.63) is 58.4 Å². The number of hydrogen-bond donors (Lipinski definition) is 0. The van der Waals surface area contributed by atoms with Gasteiger partial charge in [-0.25, -0.2) is 0 Å². The number of benzene rings is 2. The number of fused-ring (bicyclic) bond motifs is 3. The lowest BCUT2D eigenvalue weighted by Gasteiger charge is -2.18. The van der Waals surface area contributed by atoms with E-state index in [0.29, 0.717) is 23.3 Å². The number of carbonyl (C=O) groups is 2. The van der Waals surface area contributed by atoms with Crippen LogP contribution >= 0.6 is 0 Å². The van der Waals surface area contributed by atoms with Crippen LogP contribution in [-0.2, 0) is 4.74 Å². The van der Waals surface area contributed by atoms with Crippen LogP contribution in [0.2, 0.25) is 0 Å². The lowest BCUT2D eigenvalue weighted by atomic mass is 9.82. The van der Waals surface area contributed by atoms with E-state index in [1.807, 2.05) is 38.1 Å². The smallest absolute Gasteiger partial charge is 0.229 e. The summed E-state index contributed by atoms with van der Waals surface area (Å²) in [4.78, 5) is 25.5. The van der Waals surface area contributed by atoms with Gasteiger partial charge < -0.3 is 4.74 Å². The van der Waals surface area contributed by atoms with Crippen molar-refractivity contribution in [1.29, 1.82) is 0 Å². The molecule has 1 aliphatic heterocycles. The zero-order valence-corrected chi connectivity index (χ0v) is 11.9. The van der Waals surface area contributed by atoms with Gasteiger partial charge in [0.2, 0.25) is 5.78 Å². The van der Waals surface area contributed by atoms with Crippen molar-refractivity contribution >= 4 is 22.3 Å². The first-order valence-electron chi connectivity index (χ1n) is 7.08. The average molecular weight is 278 g/mol. The van der Waals surface area contributed by atoms with Crippen molar-refractivity contribution in [1.82, 2.24) is 0 Å². The molecule has 0 N–H and O–H groups in total. The molecule has 1 heterocycles. The second-order valence-corrected chi connectivity index (χ2v) is 5.77. The molecule has 2 aromatic rings. The second kappa shape index (κ2) is 4.04. The summed E-state index contributed by atoms with van der Waals surface area (Å²) in [5, 5.41) is 1.84. The summed E-state index contributed by atoms with van der Waals surface area (Å²) < 4.78 is 5.50. The minimum atomic E-state index is -0.153. The lowest BCUT2D eigenvalue weighted by molar-refractivity contribution is 0.0915. The zero-order valence-electron chi connectivity index (χ0n) is 11.9. The fourth-order valence-corrected chi connectivity index (χ4v) is 3.32. The van der Waals surface area contributed by atoms with Crippen molar-refractivity contribution in [3.8, 4) is 0 Å². The van der Waals surface area contributed by atoms with Crippen LogP contribution in [0, 0.1) is 12.8 Å². The number of aryl methyl sites for hydroxylation is 1. The standard InChI is InChI=1S/C18H14O3/c1-9-4-3-5-12-11(9)6-7-13-15(12)17(20)18-14(16(13)19)10(2)8-21-18/h3-7,10H,8H2,1-2H3/t10-/m0/s1. The summed E-state index contributed by atoms with van der Waals surface area (Å²) in [6.45, 7) is 4.33. The van der Waals surface area contributed by atoms with Gasteiger partial charge in [-0.2, -0.15) is 0 Å². The molecule has 0 radical (unpaired) electrons. The van der Waals surface area contributed by atoms with Crippen molar-refractivity contribution < 1.29 is 14.3 Å². The van der Waals surface area contributed by atoms with Crippen LogP contribution in [0.5, 0.6) is 0 Å². The summed E-state index contributed by atoms with van der Waals surface area (Å²) in [7, 11) is 0. The van der Waals surface area contributed by atoms with Gasteiger partial charge in [0.15, 0.2) is 11.5 Å². The second-order valence-electron chi connectivity index (χ2n) is 5.77. The van der Waals surface area contributed by atoms with Crippen LogP contribution in [0.25, 0.3) is 10.8 Å². The maximum atomic E-state index is 12.8. The Labute approximate surface area is 122 Å². The zero-order chi connectivity index (χ0) is 14.7. The van der Waals surface area contributed by atoms with Crippen LogP contribution < -0.4 is 0 Å². The fraction of sp³-hybridized carbons (Fsp3) is 0.222. The van der Waals surface area contributed by atoms with E-state index in [4.69, 9.17) is 4.74 Å². The van der Waals surface area contributed by atoms with Crippen LogP contribution in [0.3, 0.4) is 0 Å². The molecule has 1 aliphatic carbocycles. The van der Waals surface area contributed by atoms with Gasteiger partial charge >= 0.3 is 0 Å². The first-order valence-corrected chi connectivity index (χ1v) is 7.08. The molecule has 0 saturated heterocycles. The van der Waals surface area contributed by atoms with E-state index in [1.165, 1.54) is 0 Å². The molecule has 0 fully saturated rings. The highest BCUT2D eigenvalue weighted by Crippen LogP contribution is 2.38. The Bertz CT molecular complexity index is 858. The molecule has 0 amide bonds. The molecule has 1 atom stereocenters. The van der Waals surface area contributed by atoms with Gasteiger partial charge in [-0.05, 0) is 29.3 Å². The Morgan fingerprint density at radius 1 is 1.05 bits per heavy atom. The highest BCUT2D eigenvalue weighted by Gasteiger charge is 2.40. The number of Topliss-reactive ketones (excluding diaryl/α,β-unsaturated/α-hetero) is 2. The van der Waals surface area contributed by atoms with Gasteiger partial charge in [-0.1, -0.05) is 31.2 Å². The lowest BCUT2D eigenvalue weighted by Crippen LogP contribution is -2.22. The third kappa shape index (κ3) is 1.49. The molecule has 0 bridgehead atoms. The third-order valence-electron chi connectivity index (χ3n) is 4.42. The van der Waals surface area contributed by atoms with E-state index in [9.17, 15) is 9.59 Å². The Hall–Kier alpha value is -2.42. The minimum Gasteiger partial charge on any atom is -0.488 e. The Balaban J connectivity index is 2.08. The third-order valence-corrected chi connectivity index (χ3v) is 4.42. The maximum absolute atomic E-state index is 12.8. The number of allylic oxidation sites excluding steroid dienone is 1. The quantitative estimate of drug-likeness (QED) is 0.741. The van der Waals surface area contributed by atoms with Crippen molar-refractivity contribution in [3.63, 3.8) is 0 Å². The molecule has 21 heavy (non-hydrogen) atoms. The van der Waals surface area contributed by atoms with Gasteiger partial charge in [-0.3, -0.25) is 9.59 Å². The van der Waals surface area contributed by atoms with Crippen LogP contribution in [-0.4, -0.2) is 18.2 Å². The van der Waals surface area contributed by atoms with Crippen LogP contribution in [0.1, 0.15) is 33.2 Å². The Kier molecular flexibility index (Phi) is 2.37. The molecule has 2 aromatic carbocycles. The van der Waals surface area contributed by atoms with E-state index in [-0.39, 0.29) is 23.2 Å². The first kappa shape index (κ1) is 12.3. The Morgan fingerprint density at radius 2 is 1.86 bits per heavy atom. The number of rotatable bonds is 0. The fourth-order valence-electron chi connectivity index (χ4n) is 3.32. The summed E-state index contributed by atoms with van der Waals surface area (Å²) in [6, 6.07) is 9.52. The molecule has 0 saturated carbocycles. The average Bonchev–Trinajstić information content (AvgIpc) is 2.86. The van der Waals surface area contributed by atoms with Crippen molar-refractivity contribution in [2.45, 2.75) is 13.8 Å². The van der Waals surface area contributed by atoms with Gasteiger partial charge in [0, 0.05) is 17.0 Å². The van der Waals surface area contributed by atoms with E-state index < -0.39 is 0 Å². The van der Waals surface area contributed by atoms with Gasteiger partial charge in [0.25, 0.3) is 0 Å². The molecule has 0 unspecified atom stereocenters. The van der Waals surface area contributed by atoms with Crippen molar-refractivity contribution in [2.75, 3.05) is 6.61 Å². The normalized spacial score (nSPS) is 20.6. The number of ether oxygens (including phenoxy) is 1. The SMILES string of the molecule is Cc1cccc2c3c(ccc12)C(=O)C1=C(OC[C@@H]1C)C3=O. The van der Waals surface area contributed by atoms with E-state index in [0.717, 1.165) is 16.3 Å². The predicted molar refractivity (Wildman–Crippen MR) is 79.5 cm³/mol. The number of ketones is 2. The van der Waals surface area contributed by atoms with Crippen LogP contribution in [0.15, 0.2) is 41.7 Å². The Morgan fingerprint density at radius 3 is 2.67 bits per heavy atom. The van der Waals surface area contributed by atoms with E-state index in [2.05, 4.69) is 0 Å². The molecule has 3 nitrogen and oxygen atoms in total. The first-order chi connectivity index (χ1) is 10.1. The molecule has 104 valence electrons. The molecular weight excluding hydrogens is 264 g/mol. The van der Waals surface area contributed by atoms with Crippen molar-refractivity contribution in [2.24, 2.45) is 5.92 Å². The largest absolute Gasteiger partial charge is 0.488 e. The molecule has 4 rings (SSSR count). The van der Waals surface area contributed by atoms with Gasteiger partial charge in [0.1, 0.15) is 0 Å². The summed E-state index contributed by atoms with van der Waals surface area (Å²) in [5.74, 6) is 0.0277. The predicted octanol–water partition coefficient (Wildman–Crippen LogP) is 3.45. The number of hydrogen-bond acceptors (Lipinski definition) is 3. The molecular formula is C18H14O3.